The first kappa shape index (κ1) is 17.8. The van der Waals surface area contributed by atoms with Gasteiger partial charge in [0.1, 0.15) is 17.3 Å². The van der Waals surface area contributed by atoms with E-state index in [1.807, 2.05) is 6.07 Å². The summed E-state index contributed by atoms with van der Waals surface area (Å²) in [6, 6.07) is 10.1. The van der Waals surface area contributed by atoms with Gasteiger partial charge in [0.15, 0.2) is 0 Å². The van der Waals surface area contributed by atoms with Crippen molar-refractivity contribution in [3.05, 3.63) is 79.7 Å². The molecular weight excluding hydrogens is 372 g/mol. The Balaban J connectivity index is 1.34. The van der Waals surface area contributed by atoms with Gasteiger partial charge in [-0.2, -0.15) is 0 Å². The van der Waals surface area contributed by atoms with Crippen LogP contribution in [0.25, 0.3) is 11.3 Å². The van der Waals surface area contributed by atoms with Crippen LogP contribution in [0.15, 0.2) is 45.6 Å². The lowest BCUT2D eigenvalue weighted by atomic mass is 10.1. The minimum Gasteiger partial charge on any atom is -0.459 e. The molecule has 1 aromatic carbocycles. The fourth-order valence-corrected chi connectivity index (χ4v) is 3.85. The molecule has 3 aromatic rings. The van der Waals surface area contributed by atoms with Gasteiger partial charge in [-0.3, -0.25) is 19.8 Å². The predicted molar refractivity (Wildman–Crippen MR) is 105 cm³/mol. The molecule has 0 unspecified atom stereocenters. The van der Waals surface area contributed by atoms with E-state index < -0.39 is 4.92 Å². The SMILES string of the molecule is O=c1[nH]c(C2CC2)nc2c1CN(Cc1ccc(-c3ccccc3[N+](=O)[O-])o1)CC2. The number of rotatable bonds is 5. The molecule has 0 radical (unpaired) electrons. The lowest BCUT2D eigenvalue weighted by Gasteiger charge is -2.26. The third kappa shape index (κ3) is 3.47. The van der Waals surface area contributed by atoms with Gasteiger partial charge in [-0.1, -0.05) is 12.1 Å². The van der Waals surface area contributed by atoms with Crippen molar-refractivity contribution in [1.29, 1.82) is 0 Å². The fourth-order valence-electron chi connectivity index (χ4n) is 3.85. The molecule has 0 amide bonds. The number of hydrogen-bond donors (Lipinski definition) is 1. The molecule has 0 saturated heterocycles. The monoisotopic (exact) mass is 392 g/mol. The number of furan rings is 1. The maximum absolute atomic E-state index is 12.5. The molecular formula is C21H20N4O4. The van der Waals surface area contributed by atoms with Crippen LogP contribution in [0.5, 0.6) is 0 Å². The Labute approximate surface area is 166 Å². The van der Waals surface area contributed by atoms with Gasteiger partial charge in [0.05, 0.1) is 28.3 Å². The summed E-state index contributed by atoms with van der Waals surface area (Å²) in [7, 11) is 0. The van der Waals surface area contributed by atoms with Crippen molar-refractivity contribution >= 4 is 5.69 Å². The summed E-state index contributed by atoms with van der Waals surface area (Å²) in [6.45, 7) is 1.84. The second-order valence-corrected chi connectivity index (χ2v) is 7.65. The minimum absolute atomic E-state index is 0.0179. The molecule has 2 aromatic heterocycles. The summed E-state index contributed by atoms with van der Waals surface area (Å²) >= 11 is 0. The molecule has 1 aliphatic heterocycles. The van der Waals surface area contributed by atoms with Gasteiger partial charge in [0.2, 0.25) is 0 Å². The molecule has 0 bridgehead atoms. The van der Waals surface area contributed by atoms with Crippen molar-refractivity contribution in [3.63, 3.8) is 0 Å². The lowest BCUT2D eigenvalue weighted by Crippen LogP contribution is -2.35. The average Bonchev–Trinajstić information content (AvgIpc) is 3.47. The van der Waals surface area contributed by atoms with E-state index in [0.29, 0.717) is 36.1 Å². The van der Waals surface area contributed by atoms with Crippen LogP contribution < -0.4 is 5.56 Å². The van der Waals surface area contributed by atoms with E-state index in [-0.39, 0.29) is 11.2 Å². The van der Waals surface area contributed by atoms with Crippen LogP contribution in [0.1, 0.15) is 41.6 Å². The molecule has 0 spiro atoms. The smallest absolute Gasteiger partial charge is 0.280 e. The van der Waals surface area contributed by atoms with E-state index in [4.69, 9.17) is 4.42 Å². The van der Waals surface area contributed by atoms with Crippen molar-refractivity contribution in [2.75, 3.05) is 6.54 Å². The van der Waals surface area contributed by atoms with Crippen molar-refractivity contribution in [2.24, 2.45) is 0 Å². The summed E-state index contributed by atoms with van der Waals surface area (Å²) in [5, 5.41) is 11.3. The van der Waals surface area contributed by atoms with Gasteiger partial charge < -0.3 is 9.40 Å². The van der Waals surface area contributed by atoms with Crippen LogP contribution in [0, 0.1) is 10.1 Å². The predicted octanol–water partition coefficient (Wildman–Crippen LogP) is 3.37. The summed E-state index contributed by atoms with van der Waals surface area (Å²) in [6.07, 6.45) is 2.94. The molecule has 1 fully saturated rings. The highest BCUT2D eigenvalue weighted by atomic mass is 16.6. The Kier molecular flexibility index (Phi) is 4.28. The number of para-hydroxylation sites is 1. The number of hydrogen-bond acceptors (Lipinski definition) is 6. The lowest BCUT2D eigenvalue weighted by molar-refractivity contribution is -0.384. The number of nitrogens with one attached hydrogen (secondary N) is 1. The number of fused-ring (bicyclic) bond motifs is 1. The Hall–Kier alpha value is -3.26. The maximum Gasteiger partial charge on any atom is 0.280 e. The highest BCUT2D eigenvalue weighted by molar-refractivity contribution is 5.69. The summed E-state index contributed by atoms with van der Waals surface area (Å²) in [4.78, 5) is 33.1. The Morgan fingerprint density at radius 3 is 2.86 bits per heavy atom. The maximum atomic E-state index is 12.5. The topological polar surface area (TPSA) is 105 Å². The molecule has 5 rings (SSSR count). The van der Waals surface area contributed by atoms with Crippen LogP contribution in [-0.2, 0) is 19.5 Å². The molecule has 3 heterocycles. The number of nitro groups is 1. The number of nitro benzene ring substituents is 1. The van der Waals surface area contributed by atoms with E-state index in [0.717, 1.165) is 42.9 Å². The number of nitrogens with zero attached hydrogens (tertiary/aromatic N) is 3. The zero-order chi connectivity index (χ0) is 20.0. The van der Waals surface area contributed by atoms with Gasteiger partial charge in [-0.05, 0) is 31.0 Å². The van der Waals surface area contributed by atoms with E-state index in [1.165, 1.54) is 6.07 Å². The first-order valence-electron chi connectivity index (χ1n) is 9.75. The second-order valence-electron chi connectivity index (χ2n) is 7.65. The van der Waals surface area contributed by atoms with E-state index in [1.54, 1.807) is 24.3 Å². The number of H-pyrrole nitrogens is 1. The zero-order valence-electron chi connectivity index (χ0n) is 15.8. The Bertz CT molecular complexity index is 1150. The van der Waals surface area contributed by atoms with Crippen LogP contribution in [0.4, 0.5) is 5.69 Å². The molecule has 1 saturated carbocycles. The largest absolute Gasteiger partial charge is 0.459 e. The minimum atomic E-state index is -0.408. The summed E-state index contributed by atoms with van der Waals surface area (Å²) in [5.74, 6) is 2.44. The molecule has 0 atom stereocenters. The first-order chi connectivity index (χ1) is 14.1. The number of aromatic amines is 1. The molecule has 8 heteroatoms. The van der Waals surface area contributed by atoms with Gasteiger partial charge in [0.25, 0.3) is 11.2 Å². The summed E-state index contributed by atoms with van der Waals surface area (Å²) in [5.41, 5.74) is 2.07. The van der Waals surface area contributed by atoms with E-state index in [9.17, 15) is 14.9 Å². The standard InChI is InChI=1S/C21H20N4O4/c26-21-16-12-24(10-9-17(16)22-20(23-21)13-5-6-13)11-14-7-8-19(29-14)15-3-1-2-4-18(15)25(27)28/h1-4,7-8,13H,5-6,9-12H2,(H,22,23,26). The van der Waals surface area contributed by atoms with Gasteiger partial charge >= 0.3 is 0 Å². The number of aromatic nitrogens is 2. The van der Waals surface area contributed by atoms with Crippen molar-refractivity contribution in [2.45, 2.75) is 38.3 Å². The first-order valence-corrected chi connectivity index (χ1v) is 9.75. The quantitative estimate of drug-likeness (QED) is 0.527. The fraction of sp³-hybridized carbons (Fsp3) is 0.333. The molecule has 1 N–H and O–H groups in total. The highest BCUT2D eigenvalue weighted by Crippen LogP contribution is 2.38. The Morgan fingerprint density at radius 2 is 2.07 bits per heavy atom. The van der Waals surface area contributed by atoms with Crippen molar-refractivity contribution in [3.8, 4) is 11.3 Å². The third-order valence-electron chi connectivity index (χ3n) is 5.54. The average molecular weight is 392 g/mol. The van der Waals surface area contributed by atoms with Crippen LogP contribution in [0.3, 0.4) is 0 Å². The second kappa shape index (κ2) is 6.97. The van der Waals surface area contributed by atoms with Crippen LogP contribution in [-0.4, -0.2) is 26.3 Å². The normalized spacial score (nSPS) is 16.6. The summed E-state index contributed by atoms with van der Waals surface area (Å²) < 4.78 is 5.89. The molecule has 29 heavy (non-hydrogen) atoms. The molecule has 2 aliphatic rings. The van der Waals surface area contributed by atoms with E-state index in [2.05, 4.69) is 14.9 Å². The molecule has 1 aliphatic carbocycles. The Morgan fingerprint density at radius 1 is 1.24 bits per heavy atom. The van der Waals surface area contributed by atoms with Crippen molar-refractivity contribution < 1.29 is 9.34 Å². The molecule has 8 nitrogen and oxygen atoms in total. The number of benzene rings is 1. The highest BCUT2D eigenvalue weighted by Gasteiger charge is 2.29. The van der Waals surface area contributed by atoms with E-state index >= 15 is 0 Å². The molecule has 148 valence electrons. The van der Waals surface area contributed by atoms with Gasteiger partial charge in [0, 0.05) is 31.5 Å². The van der Waals surface area contributed by atoms with Crippen molar-refractivity contribution in [1.82, 2.24) is 14.9 Å². The zero-order valence-corrected chi connectivity index (χ0v) is 15.8. The third-order valence-corrected chi connectivity index (χ3v) is 5.54. The van der Waals surface area contributed by atoms with Gasteiger partial charge in [-0.15, -0.1) is 0 Å². The van der Waals surface area contributed by atoms with Gasteiger partial charge in [-0.25, -0.2) is 4.98 Å². The van der Waals surface area contributed by atoms with Crippen LogP contribution >= 0.6 is 0 Å². The van der Waals surface area contributed by atoms with Crippen LogP contribution in [0.2, 0.25) is 0 Å².